The van der Waals surface area contributed by atoms with E-state index in [1.54, 1.807) is 12.1 Å². The Bertz CT molecular complexity index is 810. The van der Waals surface area contributed by atoms with Crippen LogP contribution in [-0.4, -0.2) is 31.1 Å². The largest absolute Gasteiger partial charge is 0.448 e. The summed E-state index contributed by atoms with van der Waals surface area (Å²) in [5.41, 5.74) is 3.29. The van der Waals surface area contributed by atoms with Crippen LogP contribution in [0.1, 0.15) is 35.2 Å². The topological polar surface area (TPSA) is 58.6 Å². The minimum Gasteiger partial charge on any atom is -0.448 e. The minimum absolute atomic E-state index is 0.293. The summed E-state index contributed by atoms with van der Waals surface area (Å²) < 4.78 is 5.31. The van der Waals surface area contributed by atoms with E-state index in [0.717, 1.165) is 18.7 Å². The average Bonchev–Trinajstić information content (AvgIpc) is 2.69. The number of cyclic esters (lactones) is 1. The molecule has 1 N–H and O–H groups in total. The molecule has 26 heavy (non-hydrogen) atoms. The Morgan fingerprint density at radius 1 is 1.00 bits per heavy atom. The zero-order chi connectivity index (χ0) is 17.9. The number of rotatable bonds is 3. The van der Waals surface area contributed by atoms with Gasteiger partial charge in [0.2, 0.25) is 0 Å². The van der Waals surface area contributed by atoms with Gasteiger partial charge < -0.3 is 15.0 Å². The lowest BCUT2D eigenvalue weighted by atomic mass is 9.98. The number of carbonyl (C=O) groups excluding carboxylic acids is 2. The second kappa shape index (κ2) is 7.20. The number of anilines is 2. The van der Waals surface area contributed by atoms with Gasteiger partial charge in [0.05, 0.1) is 5.56 Å². The predicted molar refractivity (Wildman–Crippen MR) is 100 cm³/mol. The number of amides is 1. The molecule has 1 fully saturated rings. The molecule has 2 aliphatic heterocycles. The fourth-order valence-electron chi connectivity index (χ4n) is 3.61. The second-order valence-electron chi connectivity index (χ2n) is 6.84. The zero-order valence-corrected chi connectivity index (χ0v) is 14.6. The van der Waals surface area contributed by atoms with Crippen molar-refractivity contribution in [2.24, 2.45) is 0 Å². The van der Waals surface area contributed by atoms with Crippen molar-refractivity contribution in [3.05, 3.63) is 59.7 Å². The van der Waals surface area contributed by atoms with Gasteiger partial charge in [0.25, 0.3) is 5.91 Å². The van der Waals surface area contributed by atoms with Gasteiger partial charge in [-0.15, -0.1) is 0 Å². The van der Waals surface area contributed by atoms with Gasteiger partial charge in [-0.3, -0.25) is 4.79 Å². The molecule has 5 nitrogen and oxygen atoms in total. The molecule has 1 saturated heterocycles. The van der Waals surface area contributed by atoms with Crippen LogP contribution in [0, 0.1) is 0 Å². The van der Waals surface area contributed by atoms with Crippen LogP contribution in [0.25, 0.3) is 0 Å². The third kappa shape index (κ3) is 3.43. The van der Waals surface area contributed by atoms with Gasteiger partial charge in [-0.2, -0.15) is 0 Å². The molecule has 0 aromatic heterocycles. The molecular formula is C21H22N2O3. The Labute approximate surface area is 153 Å². The Hall–Kier alpha value is -2.82. The number of nitrogens with one attached hydrogen (secondary N) is 1. The molecule has 0 aliphatic carbocycles. The Morgan fingerprint density at radius 2 is 1.73 bits per heavy atom. The van der Waals surface area contributed by atoms with E-state index < -0.39 is 12.1 Å². The average molecular weight is 350 g/mol. The first kappa shape index (κ1) is 16.6. The predicted octanol–water partition coefficient (Wildman–Crippen LogP) is 3.40. The van der Waals surface area contributed by atoms with Crippen molar-refractivity contribution in [3.8, 4) is 0 Å². The monoisotopic (exact) mass is 350 g/mol. The van der Waals surface area contributed by atoms with Crippen LogP contribution < -0.4 is 10.2 Å². The maximum absolute atomic E-state index is 12.5. The number of ether oxygens (including phenoxy) is 1. The van der Waals surface area contributed by atoms with Gasteiger partial charge in [-0.05, 0) is 55.2 Å². The lowest BCUT2D eigenvalue weighted by Crippen LogP contribution is -2.38. The van der Waals surface area contributed by atoms with Gasteiger partial charge in [0.1, 0.15) is 0 Å². The third-order valence-electron chi connectivity index (χ3n) is 5.04. The van der Waals surface area contributed by atoms with E-state index in [1.807, 2.05) is 36.4 Å². The van der Waals surface area contributed by atoms with Gasteiger partial charge in [-0.1, -0.05) is 18.2 Å². The molecule has 1 atom stereocenters. The van der Waals surface area contributed by atoms with Crippen molar-refractivity contribution in [1.29, 1.82) is 0 Å². The Morgan fingerprint density at radius 3 is 2.50 bits per heavy atom. The fraction of sp³-hybridized carbons (Fsp3) is 0.333. The number of carbonyl (C=O) groups is 2. The van der Waals surface area contributed by atoms with E-state index in [4.69, 9.17) is 4.74 Å². The van der Waals surface area contributed by atoms with E-state index in [2.05, 4.69) is 10.2 Å². The number of fused-ring (bicyclic) bond motifs is 1. The SMILES string of the molecule is O=C1O[C@@H](C(=O)Nc2ccc(N3CCCCC3)cc2)Cc2ccccc21. The van der Waals surface area contributed by atoms with E-state index >= 15 is 0 Å². The number of hydrogen-bond acceptors (Lipinski definition) is 4. The molecule has 1 amide bonds. The standard InChI is InChI=1S/C21H22N2O3/c24-20(19-14-15-6-2-3-7-18(15)21(25)26-19)22-16-8-10-17(11-9-16)23-12-4-1-5-13-23/h2-3,6-11,19H,1,4-5,12-14H2,(H,22,24)/t19-/m1/s1. The summed E-state index contributed by atoms with van der Waals surface area (Å²) in [5.74, 6) is -0.731. The molecule has 134 valence electrons. The van der Waals surface area contributed by atoms with Gasteiger partial charge >= 0.3 is 5.97 Å². The number of hydrogen-bond donors (Lipinski definition) is 1. The molecular weight excluding hydrogens is 328 g/mol. The van der Waals surface area contributed by atoms with Crippen LogP contribution in [0.2, 0.25) is 0 Å². The number of esters is 1. The Kier molecular flexibility index (Phi) is 4.61. The minimum atomic E-state index is -0.792. The van der Waals surface area contributed by atoms with Crippen LogP contribution in [0.3, 0.4) is 0 Å². The molecule has 0 saturated carbocycles. The number of piperidine rings is 1. The van der Waals surface area contributed by atoms with Gasteiger partial charge in [-0.25, -0.2) is 4.79 Å². The molecule has 0 spiro atoms. The molecule has 0 radical (unpaired) electrons. The summed E-state index contributed by atoms with van der Waals surface area (Å²) in [5, 5.41) is 2.86. The molecule has 2 aromatic carbocycles. The van der Waals surface area contributed by atoms with Gasteiger partial charge in [0, 0.05) is 30.9 Å². The van der Waals surface area contributed by atoms with Crippen LogP contribution in [0.15, 0.2) is 48.5 Å². The molecule has 0 unspecified atom stereocenters. The summed E-state index contributed by atoms with van der Waals surface area (Å²) >= 11 is 0. The molecule has 2 aliphatic rings. The first-order valence-corrected chi connectivity index (χ1v) is 9.15. The molecule has 4 rings (SSSR count). The van der Waals surface area contributed by atoms with Crippen LogP contribution in [0.4, 0.5) is 11.4 Å². The first-order chi connectivity index (χ1) is 12.7. The van der Waals surface area contributed by atoms with E-state index in [0.29, 0.717) is 17.7 Å². The lowest BCUT2D eigenvalue weighted by molar-refractivity contribution is -0.125. The van der Waals surface area contributed by atoms with Gasteiger partial charge in [0.15, 0.2) is 6.10 Å². The van der Waals surface area contributed by atoms with Crippen LogP contribution in [0.5, 0.6) is 0 Å². The first-order valence-electron chi connectivity index (χ1n) is 9.15. The molecule has 2 aromatic rings. The highest BCUT2D eigenvalue weighted by molar-refractivity contribution is 6.00. The Balaban J connectivity index is 1.41. The second-order valence-corrected chi connectivity index (χ2v) is 6.84. The third-order valence-corrected chi connectivity index (χ3v) is 5.04. The van der Waals surface area contributed by atoms with Crippen LogP contribution >= 0.6 is 0 Å². The summed E-state index contributed by atoms with van der Waals surface area (Å²) in [7, 11) is 0. The van der Waals surface area contributed by atoms with Crippen LogP contribution in [-0.2, 0) is 16.0 Å². The smallest absolute Gasteiger partial charge is 0.339 e. The summed E-state index contributed by atoms with van der Waals surface area (Å²) in [6.45, 7) is 2.17. The van der Waals surface area contributed by atoms with Crippen molar-refractivity contribution < 1.29 is 14.3 Å². The van der Waals surface area contributed by atoms with E-state index in [-0.39, 0.29) is 5.91 Å². The normalized spacial score (nSPS) is 19.5. The fourth-order valence-corrected chi connectivity index (χ4v) is 3.61. The zero-order valence-electron chi connectivity index (χ0n) is 14.6. The highest BCUT2D eigenvalue weighted by atomic mass is 16.5. The van der Waals surface area contributed by atoms with E-state index in [9.17, 15) is 9.59 Å². The van der Waals surface area contributed by atoms with E-state index in [1.165, 1.54) is 24.9 Å². The maximum Gasteiger partial charge on any atom is 0.339 e. The molecule has 5 heteroatoms. The maximum atomic E-state index is 12.5. The lowest BCUT2D eigenvalue weighted by Gasteiger charge is -2.29. The molecule has 2 heterocycles. The van der Waals surface area contributed by atoms with Crippen molar-refractivity contribution in [2.45, 2.75) is 31.8 Å². The van der Waals surface area contributed by atoms with Crippen molar-refractivity contribution in [1.82, 2.24) is 0 Å². The molecule has 0 bridgehead atoms. The van der Waals surface area contributed by atoms with Crippen molar-refractivity contribution in [3.63, 3.8) is 0 Å². The quantitative estimate of drug-likeness (QED) is 0.862. The summed E-state index contributed by atoms with van der Waals surface area (Å²) in [6, 6.07) is 15.1. The van der Waals surface area contributed by atoms with Crippen molar-refractivity contribution in [2.75, 3.05) is 23.3 Å². The highest BCUT2D eigenvalue weighted by Gasteiger charge is 2.31. The highest BCUT2D eigenvalue weighted by Crippen LogP contribution is 2.24. The number of benzene rings is 2. The summed E-state index contributed by atoms with van der Waals surface area (Å²) in [6.07, 6.45) is 3.37. The summed E-state index contributed by atoms with van der Waals surface area (Å²) in [4.78, 5) is 26.9. The number of nitrogens with zero attached hydrogens (tertiary/aromatic N) is 1. The van der Waals surface area contributed by atoms with Crippen molar-refractivity contribution >= 4 is 23.3 Å².